The molecule has 4 atom stereocenters. The van der Waals surface area contributed by atoms with Gasteiger partial charge in [-0.2, -0.15) is 13.2 Å². The number of carbonyl (C=O) groups is 1. The molecule has 1 N–H and O–H groups in total. The average Bonchev–Trinajstić information content (AvgIpc) is 3.24. The SMILES string of the molecule is CC1COCC(C)C1NC1CCC(C(=O)N2CCN(c3cc(C(F)(F)F)ccn3)CC2)C1. The number of piperazine rings is 1. The summed E-state index contributed by atoms with van der Waals surface area (Å²) in [6.07, 6.45) is -0.450. The number of aromatic nitrogens is 1. The van der Waals surface area contributed by atoms with Gasteiger partial charge in [-0.1, -0.05) is 13.8 Å². The van der Waals surface area contributed by atoms with Crippen LogP contribution in [0.5, 0.6) is 0 Å². The Balaban J connectivity index is 1.28. The number of anilines is 1. The predicted molar refractivity (Wildman–Crippen MR) is 115 cm³/mol. The molecular weight excluding hydrogens is 421 g/mol. The van der Waals surface area contributed by atoms with Gasteiger partial charge in [-0.15, -0.1) is 0 Å². The molecule has 9 heteroatoms. The first kappa shape index (κ1) is 23.3. The summed E-state index contributed by atoms with van der Waals surface area (Å²) < 4.78 is 44.6. The molecule has 3 aliphatic rings. The van der Waals surface area contributed by atoms with Gasteiger partial charge >= 0.3 is 6.18 Å². The van der Waals surface area contributed by atoms with Gasteiger partial charge in [0, 0.05) is 50.4 Å². The maximum absolute atomic E-state index is 13.1. The number of hydrogen-bond acceptors (Lipinski definition) is 5. The minimum Gasteiger partial charge on any atom is -0.381 e. The second kappa shape index (κ2) is 9.55. The fourth-order valence-electron chi connectivity index (χ4n) is 5.35. The van der Waals surface area contributed by atoms with Crippen LogP contribution in [-0.4, -0.2) is 67.3 Å². The van der Waals surface area contributed by atoms with Crippen molar-refractivity contribution < 1.29 is 22.7 Å². The largest absolute Gasteiger partial charge is 0.416 e. The maximum atomic E-state index is 13.1. The van der Waals surface area contributed by atoms with Crippen molar-refractivity contribution in [2.75, 3.05) is 44.3 Å². The Labute approximate surface area is 187 Å². The van der Waals surface area contributed by atoms with E-state index in [0.29, 0.717) is 55.9 Å². The number of alkyl halides is 3. The average molecular weight is 455 g/mol. The highest BCUT2D eigenvalue weighted by Gasteiger charge is 2.37. The molecule has 1 aliphatic carbocycles. The summed E-state index contributed by atoms with van der Waals surface area (Å²) >= 11 is 0. The number of halogens is 3. The zero-order valence-corrected chi connectivity index (χ0v) is 18.8. The van der Waals surface area contributed by atoms with Crippen LogP contribution in [0.4, 0.5) is 19.0 Å². The molecule has 3 fully saturated rings. The van der Waals surface area contributed by atoms with E-state index in [1.807, 2.05) is 9.80 Å². The third-order valence-electron chi connectivity index (χ3n) is 7.19. The lowest BCUT2D eigenvalue weighted by molar-refractivity contribution is -0.137. The van der Waals surface area contributed by atoms with Crippen molar-refractivity contribution >= 4 is 11.7 Å². The zero-order valence-electron chi connectivity index (χ0n) is 18.8. The first-order chi connectivity index (χ1) is 15.2. The summed E-state index contributed by atoms with van der Waals surface area (Å²) in [5.41, 5.74) is -0.696. The molecule has 178 valence electrons. The van der Waals surface area contributed by atoms with Gasteiger partial charge in [-0.3, -0.25) is 4.79 Å². The number of nitrogens with one attached hydrogen (secondary N) is 1. The lowest BCUT2D eigenvalue weighted by Crippen LogP contribution is -2.51. The normalized spacial score (nSPS) is 31.7. The fourth-order valence-corrected chi connectivity index (χ4v) is 5.35. The topological polar surface area (TPSA) is 57.7 Å². The summed E-state index contributed by atoms with van der Waals surface area (Å²) in [5.74, 6) is 1.45. The van der Waals surface area contributed by atoms with E-state index in [0.717, 1.165) is 44.6 Å². The van der Waals surface area contributed by atoms with E-state index in [2.05, 4.69) is 24.1 Å². The van der Waals surface area contributed by atoms with Crippen molar-refractivity contribution in [1.29, 1.82) is 0 Å². The molecule has 1 amide bonds. The molecule has 2 saturated heterocycles. The van der Waals surface area contributed by atoms with Crippen LogP contribution < -0.4 is 10.2 Å². The molecule has 0 bridgehead atoms. The van der Waals surface area contributed by atoms with Gasteiger partial charge < -0.3 is 19.9 Å². The summed E-state index contributed by atoms with van der Waals surface area (Å²) in [6, 6.07) is 2.84. The van der Waals surface area contributed by atoms with Crippen molar-refractivity contribution in [2.24, 2.45) is 17.8 Å². The Morgan fingerprint density at radius 3 is 2.47 bits per heavy atom. The van der Waals surface area contributed by atoms with Gasteiger partial charge in [0.15, 0.2) is 0 Å². The van der Waals surface area contributed by atoms with E-state index in [1.165, 1.54) is 6.20 Å². The Kier molecular flexibility index (Phi) is 6.95. The molecule has 1 aromatic heterocycles. The first-order valence-corrected chi connectivity index (χ1v) is 11.6. The predicted octanol–water partition coefficient (Wildman–Crippen LogP) is 3.18. The van der Waals surface area contributed by atoms with Gasteiger partial charge in [0.25, 0.3) is 0 Å². The zero-order chi connectivity index (χ0) is 22.9. The first-order valence-electron chi connectivity index (χ1n) is 11.6. The smallest absolute Gasteiger partial charge is 0.381 e. The summed E-state index contributed by atoms with van der Waals surface area (Å²) in [5, 5.41) is 3.79. The van der Waals surface area contributed by atoms with Crippen molar-refractivity contribution in [3.8, 4) is 0 Å². The molecule has 4 rings (SSSR count). The highest BCUT2D eigenvalue weighted by atomic mass is 19.4. The van der Waals surface area contributed by atoms with Gasteiger partial charge in [0.05, 0.1) is 18.8 Å². The molecule has 1 saturated carbocycles. The molecule has 0 spiro atoms. The molecule has 1 aromatic rings. The Bertz CT molecular complexity index is 788. The highest BCUT2D eigenvalue weighted by molar-refractivity contribution is 5.79. The summed E-state index contributed by atoms with van der Waals surface area (Å²) in [6.45, 7) is 7.99. The number of ether oxygens (including phenoxy) is 1. The van der Waals surface area contributed by atoms with Crippen LogP contribution >= 0.6 is 0 Å². The van der Waals surface area contributed by atoms with Gasteiger partial charge in [-0.05, 0) is 43.2 Å². The van der Waals surface area contributed by atoms with Crippen molar-refractivity contribution in [3.63, 3.8) is 0 Å². The van der Waals surface area contributed by atoms with Crippen LogP contribution in [0, 0.1) is 17.8 Å². The molecule has 0 aromatic carbocycles. The van der Waals surface area contributed by atoms with E-state index in [9.17, 15) is 18.0 Å². The van der Waals surface area contributed by atoms with Gasteiger partial charge in [0.2, 0.25) is 5.91 Å². The van der Waals surface area contributed by atoms with Crippen LogP contribution in [0.3, 0.4) is 0 Å². The number of carbonyl (C=O) groups excluding carboxylic acids is 1. The van der Waals surface area contributed by atoms with E-state index >= 15 is 0 Å². The number of amides is 1. The summed E-state index contributed by atoms with van der Waals surface area (Å²) in [4.78, 5) is 20.9. The second-order valence-electron chi connectivity index (χ2n) is 9.60. The van der Waals surface area contributed by atoms with Crippen LogP contribution in [0.15, 0.2) is 18.3 Å². The lowest BCUT2D eigenvalue weighted by Gasteiger charge is -2.37. The van der Waals surface area contributed by atoms with Crippen molar-refractivity contribution in [3.05, 3.63) is 23.9 Å². The third-order valence-corrected chi connectivity index (χ3v) is 7.19. The van der Waals surface area contributed by atoms with Crippen molar-refractivity contribution in [2.45, 2.75) is 51.4 Å². The molecule has 4 unspecified atom stereocenters. The van der Waals surface area contributed by atoms with Crippen LogP contribution in [-0.2, 0) is 15.7 Å². The second-order valence-corrected chi connectivity index (χ2v) is 9.60. The molecule has 32 heavy (non-hydrogen) atoms. The fraction of sp³-hybridized carbons (Fsp3) is 0.739. The van der Waals surface area contributed by atoms with E-state index in [1.54, 1.807) is 0 Å². The van der Waals surface area contributed by atoms with Crippen LogP contribution in [0.1, 0.15) is 38.7 Å². The minimum absolute atomic E-state index is 0.0242. The molecule has 2 aliphatic heterocycles. The minimum atomic E-state index is -4.39. The quantitative estimate of drug-likeness (QED) is 0.758. The number of nitrogens with zero attached hydrogens (tertiary/aromatic N) is 3. The van der Waals surface area contributed by atoms with Crippen LogP contribution in [0.2, 0.25) is 0 Å². The molecule has 0 radical (unpaired) electrons. The Hall–Kier alpha value is -1.87. The van der Waals surface area contributed by atoms with Crippen LogP contribution in [0.25, 0.3) is 0 Å². The lowest BCUT2D eigenvalue weighted by atomic mass is 9.88. The maximum Gasteiger partial charge on any atom is 0.416 e. The molecular formula is C23H33F3N4O2. The third kappa shape index (κ3) is 5.20. The van der Waals surface area contributed by atoms with E-state index in [-0.39, 0.29) is 11.8 Å². The summed E-state index contributed by atoms with van der Waals surface area (Å²) in [7, 11) is 0. The number of pyridine rings is 1. The highest BCUT2D eigenvalue weighted by Crippen LogP contribution is 2.32. The van der Waals surface area contributed by atoms with Gasteiger partial charge in [-0.25, -0.2) is 4.98 Å². The Morgan fingerprint density at radius 1 is 1.12 bits per heavy atom. The van der Waals surface area contributed by atoms with E-state index < -0.39 is 11.7 Å². The molecule has 3 heterocycles. The monoisotopic (exact) mass is 454 g/mol. The number of hydrogen-bond donors (Lipinski definition) is 1. The standard InChI is InChI=1S/C23H33F3N4O2/c1-15-13-32-14-16(2)21(15)28-19-4-3-17(11-19)22(31)30-9-7-29(8-10-30)20-12-18(5-6-27-20)23(24,25)26/h5-6,12,15-17,19,21,28H,3-4,7-11,13-14H2,1-2H3. The van der Waals surface area contributed by atoms with E-state index in [4.69, 9.17) is 4.74 Å². The Morgan fingerprint density at radius 2 is 1.81 bits per heavy atom. The van der Waals surface area contributed by atoms with Gasteiger partial charge in [0.1, 0.15) is 5.82 Å². The number of rotatable bonds is 4. The van der Waals surface area contributed by atoms with Crippen molar-refractivity contribution in [1.82, 2.24) is 15.2 Å². The molecule has 6 nitrogen and oxygen atoms in total.